The van der Waals surface area contributed by atoms with E-state index in [2.05, 4.69) is 30.6 Å². The van der Waals surface area contributed by atoms with E-state index in [-0.39, 0.29) is 11.7 Å². The molecule has 1 aliphatic heterocycles. The third kappa shape index (κ3) is 4.22. The van der Waals surface area contributed by atoms with E-state index in [4.69, 9.17) is 11.6 Å². The molecule has 1 atom stereocenters. The highest BCUT2D eigenvalue weighted by Gasteiger charge is 2.26. The lowest BCUT2D eigenvalue weighted by Gasteiger charge is -2.21. The Bertz CT molecular complexity index is 835. The average molecular weight is 392 g/mol. The van der Waals surface area contributed by atoms with Gasteiger partial charge in [-0.2, -0.15) is 5.10 Å². The Hall–Kier alpha value is -2.19. The van der Waals surface area contributed by atoms with Gasteiger partial charge in [0.1, 0.15) is 5.82 Å². The van der Waals surface area contributed by atoms with Crippen molar-refractivity contribution in [2.75, 3.05) is 25.0 Å². The Labute approximate surface area is 164 Å². The SMILES string of the molecule is CCn1cc(Cl)c(CN[C@@H]2CCN(c3nc(C(=O)NC)nc(C)c3C)C2)n1. The molecule has 2 aromatic rings. The molecule has 1 amide bonds. The highest BCUT2D eigenvalue weighted by Crippen LogP contribution is 2.24. The van der Waals surface area contributed by atoms with E-state index in [0.717, 1.165) is 48.8 Å². The molecule has 0 bridgehead atoms. The summed E-state index contributed by atoms with van der Waals surface area (Å²) < 4.78 is 1.84. The van der Waals surface area contributed by atoms with Crippen LogP contribution in [0.4, 0.5) is 5.82 Å². The minimum atomic E-state index is -0.269. The molecule has 0 unspecified atom stereocenters. The van der Waals surface area contributed by atoms with Crippen molar-refractivity contribution in [1.29, 1.82) is 0 Å². The first kappa shape index (κ1) is 19.6. The summed E-state index contributed by atoms with van der Waals surface area (Å²) in [6.45, 7) is 9.07. The maximum atomic E-state index is 11.9. The maximum Gasteiger partial charge on any atom is 0.288 e. The van der Waals surface area contributed by atoms with Crippen molar-refractivity contribution in [3.8, 4) is 0 Å². The molecule has 2 N–H and O–H groups in total. The molecule has 0 aliphatic carbocycles. The molecular formula is C18H26ClN7O. The monoisotopic (exact) mass is 391 g/mol. The van der Waals surface area contributed by atoms with Gasteiger partial charge in [0.2, 0.25) is 5.82 Å². The van der Waals surface area contributed by atoms with Crippen LogP contribution in [0.25, 0.3) is 0 Å². The summed E-state index contributed by atoms with van der Waals surface area (Å²) in [5, 5.41) is 11.3. The van der Waals surface area contributed by atoms with E-state index in [1.807, 2.05) is 31.6 Å². The second-order valence-electron chi connectivity index (χ2n) is 6.75. The van der Waals surface area contributed by atoms with Gasteiger partial charge in [-0.05, 0) is 27.2 Å². The number of hydrogen-bond donors (Lipinski definition) is 2. The molecule has 0 saturated carbocycles. The summed E-state index contributed by atoms with van der Waals surface area (Å²) in [6, 6.07) is 0.311. The fourth-order valence-electron chi connectivity index (χ4n) is 3.21. The quantitative estimate of drug-likeness (QED) is 0.779. The van der Waals surface area contributed by atoms with Crippen molar-refractivity contribution in [1.82, 2.24) is 30.4 Å². The van der Waals surface area contributed by atoms with Gasteiger partial charge in [-0.25, -0.2) is 9.97 Å². The van der Waals surface area contributed by atoms with Crippen LogP contribution in [0, 0.1) is 13.8 Å². The van der Waals surface area contributed by atoms with E-state index in [1.54, 1.807) is 7.05 Å². The van der Waals surface area contributed by atoms with Gasteiger partial charge >= 0.3 is 0 Å². The third-order valence-corrected chi connectivity index (χ3v) is 5.27. The number of aromatic nitrogens is 4. The molecule has 0 spiro atoms. The molecule has 1 aliphatic rings. The summed E-state index contributed by atoms with van der Waals surface area (Å²) in [5.41, 5.74) is 2.70. The smallest absolute Gasteiger partial charge is 0.288 e. The molecule has 1 fully saturated rings. The standard InChI is InChI=1S/C18H26ClN7O/c1-5-26-10-14(19)15(24-26)8-21-13-6-7-25(9-13)17-11(2)12(3)22-16(23-17)18(27)20-4/h10,13,21H,5-9H2,1-4H3,(H,20,27)/t13-/m1/s1. The van der Waals surface area contributed by atoms with E-state index in [0.29, 0.717) is 17.6 Å². The zero-order valence-electron chi connectivity index (χ0n) is 16.2. The fourth-order valence-corrected chi connectivity index (χ4v) is 3.43. The molecule has 2 aromatic heterocycles. The van der Waals surface area contributed by atoms with E-state index < -0.39 is 0 Å². The van der Waals surface area contributed by atoms with Crippen LogP contribution in [0.3, 0.4) is 0 Å². The first-order valence-electron chi connectivity index (χ1n) is 9.20. The number of carbonyl (C=O) groups is 1. The lowest BCUT2D eigenvalue weighted by molar-refractivity contribution is 0.0952. The van der Waals surface area contributed by atoms with E-state index >= 15 is 0 Å². The number of aryl methyl sites for hydroxylation is 2. The molecule has 8 nitrogen and oxygen atoms in total. The molecule has 0 radical (unpaired) electrons. The van der Waals surface area contributed by atoms with Crippen LogP contribution in [0.2, 0.25) is 5.02 Å². The third-order valence-electron chi connectivity index (χ3n) is 4.95. The first-order chi connectivity index (χ1) is 12.9. The molecule has 9 heteroatoms. The van der Waals surface area contributed by atoms with Gasteiger partial charge in [-0.1, -0.05) is 11.6 Å². The Morgan fingerprint density at radius 2 is 2.15 bits per heavy atom. The number of nitrogens with zero attached hydrogens (tertiary/aromatic N) is 5. The van der Waals surface area contributed by atoms with Crippen LogP contribution in [-0.2, 0) is 13.1 Å². The van der Waals surface area contributed by atoms with Crippen molar-refractivity contribution in [2.24, 2.45) is 0 Å². The first-order valence-corrected chi connectivity index (χ1v) is 9.58. The summed E-state index contributed by atoms with van der Waals surface area (Å²) >= 11 is 6.24. The lowest BCUT2D eigenvalue weighted by atomic mass is 10.2. The van der Waals surface area contributed by atoms with Gasteiger partial charge in [0.15, 0.2) is 0 Å². The number of halogens is 1. The normalized spacial score (nSPS) is 16.8. The Morgan fingerprint density at radius 1 is 1.37 bits per heavy atom. The van der Waals surface area contributed by atoms with Crippen LogP contribution in [0.15, 0.2) is 6.20 Å². The predicted molar refractivity (Wildman–Crippen MR) is 105 cm³/mol. The molecule has 27 heavy (non-hydrogen) atoms. The van der Waals surface area contributed by atoms with Gasteiger partial charge in [-0.15, -0.1) is 0 Å². The van der Waals surface area contributed by atoms with Gasteiger partial charge < -0.3 is 15.5 Å². The Morgan fingerprint density at radius 3 is 2.81 bits per heavy atom. The van der Waals surface area contributed by atoms with Crippen LogP contribution >= 0.6 is 11.6 Å². The number of nitrogens with one attached hydrogen (secondary N) is 2. The largest absolute Gasteiger partial charge is 0.355 e. The fraction of sp³-hybridized carbons (Fsp3) is 0.556. The van der Waals surface area contributed by atoms with E-state index in [1.165, 1.54) is 0 Å². The average Bonchev–Trinajstić information content (AvgIpc) is 3.27. The predicted octanol–water partition coefficient (Wildman–Crippen LogP) is 1.69. The molecular weight excluding hydrogens is 366 g/mol. The number of anilines is 1. The van der Waals surface area contributed by atoms with Crippen molar-refractivity contribution < 1.29 is 4.79 Å². The van der Waals surface area contributed by atoms with Crippen LogP contribution in [-0.4, -0.2) is 51.8 Å². The second kappa shape index (κ2) is 8.22. The van der Waals surface area contributed by atoms with Gasteiger partial charge in [0, 0.05) is 56.7 Å². The second-order valence-corrected chi connectivity index (χ2v) is 7.16. The van der Waals surface area contributed by atoms with Gasteiger partial charge in [0.05, 0.1) is 10.7 Å². The molecule has 146 valence electrons. The van der Waals surface area contributed by atoms with Crippen LogP contribution in [0.5, 0.6) is 0 Å². The number of hydrogen-bond acceptors (Lipinski definition) is 6. The zero-order chi connectivity index (χ0) is 19.6. The van der Waals surface area contributed by atoms with Crippen LogP contribution < -0.4 is 15.5 Å². The highest BCUT2D eigenvalue weighted by molar-refractivity contribution is 6.31. The molecule has 3 heterocycles. The minimum Gasteiger partial charge on any atom is -0.355 e. The molecule has 3 rings (SSSR count). The van der Waals surface area contributed by atoms with Crippen LogP contribution in [0.1, 0.15) is 40.9 Å². The maximum absolute atomic E-state index is 11.9. The molecule has 0 aromatic carbocycles. The Kier molecular flexibility index (Phi) is 5.96. The van der Waals surface area contributed by atoms with Gasteiger partial charge in [-0.3, -0.25) is 9.48 Å². The number of rotatable bonds is 6. The van der Waals surface area contributed by atoms with Crippen molar-refractivity contribution in [2.45, 2.75) is 46.3 Å². The van der Waals surface area contributed by atoms with Gasteiger partial charge in [0.25, 0.3) is 5.91 Å². The zero-order valence-corrected chi connectivity index (χ0v) is 17.0. The van der Waals surface area contributed by atoms with Crippen molar-refractivity contribution >= 4 is 23.3 Å². The lowest BCUT2D eigenvalue weighted by Crippen LogP contribution is -2.33. The minimum absolute atomic E-state index is 0.212. The number of amides is 1. The number of carbonyl (C=O) groups excluding carboxylic acids is 1. The molecule has 1 saturated heterocycles. The van der Waals surface area contributed by atoms with E-state index in [9.17, 15) is 4.79 Å². The summed E-state index contributed by atoms with van der Waals surface area (Å²) in [7, 11) is 1.58. The summed E-state index contributed by atoms with van der Waals surface area (Å²) in [6.07, 6.45) is 2.84. The van der Waals surface area contributed by atoms with Crippen molar-refractivity contribution in [3.05, 3.63) is 34.0 Å². The Balaban J connectivity index is 1.68. The topological polar surface area (TPSA) is 88.0 Å². The highest BCUT2D eigenvalue weighted by atomic mass is 35.5. The summed E-state index contributed by atoms with van der Waals surface area (Å²) in [5.74, 6) is 0.775. The van der Waals surface area contributed by atoms with Crippen molar-refractivity contribution in [3.63, 3.8) is 0 Å². The summed E-state index contributed by atoms with van der Waals surface area (Å²) in [4.78, 5) is 23.0.